The fourth-order valence-electron chi connectivity index (χ4n) is 1.94. The lowest BCUT2D eigenvalue weighted by Crippen LogP contribution is -2.36. The fourth-order valence-corrected chi connectivity index (χ4v) is 1.94. The van der Waals surface area contributed by atoms with E-state index in [1.807, 2.05) is 27.7 Å². The first-order chi connectivity index (χ1) is 8.12. The van der Waals surface area contributed by atoms with Crippen molar-refractivity contribution in [2.75, 3.05) is 0 Å². The van der Waals surface area contributed by atoms with E-state index in [0.29, 0.717) is 0 Å². The molecule has 1 amide bonds. The third kappa shape index (κ3) is 3.34. The van der Waals surface area contributed by atoms with E-state index in [9.17, 15) is 4.79 Å². The van der Waals surface area contributed by atoms with Crippen LogP contribution in [0.2, 0.25) is 0 Å². The summed E-state index contributed by atoms with van der Waals surface area (Å²) in [5.74, 6) is 0.0904. The molecule has 0 aromatic heterocycles. The van der Waals surface area contributed by atoms with Crippen molar-refractivity contribution < 1.29 is 4.79 Å². The highest BCUT2D eigenvalue weighted by molar-refractivity contribution is 5.81. The average Bonchev–Trinajstić information content (AvgIpc) is 2.21. The van der Waals surface area contributed by atoms with Crippen LogP contribution in [0.25, 0.3) is 0 Å². The number of carbonyl (C=O) groups excluding carboxylic acids is 1. The molecule has 18 heavy (non-hydrogen) atoms. The summed E-state index contributed by atoms with van der Waals surface area (Å²) in [5.41, 5.74) is 4.66. The lowest BCUT2D eigenvalue weighted by molar-refractivity contribution is -0.129. The van der Waals surface area contributed by atoms with E-state index in [2.05, 4.69) is 38.2 Å². The number of benzene rings is 1. The summed E-state index contributed by atoms with van der Waals surface area (Å²) < 4.78 is 0. The fraction of sp³-hybridized carbons (Fsp3) is 0.562. The van der Waals surface area contributed by atoms with Crippen LogP contribution in [0.15, 0.2) is 12.1 Å². The van der Waals surface area contributed by atoms with Crippen molar-refractivity contribution in [3.63, 3.8) is 0 Å². The van der Waals surface area contributed by atoms with Gasteiger partial charge in [0.2, 0.25) is 5.91 Å². The van der Waals surface area contributed by atoms with Gasteiger partial charge in [-0.2, -0.15) is 0 Å². The van der Waals surface area contributed by atoms with Crippen LogP contribution < -0.4 is 5.32 Å². The van der Waals surface area contributed by atoms with Crippen molar-refractivity contribution in [1.29, 1.82) is 0 Å². The molecule has 1 aromatic rings. The average molecular weight is 247 g/mol. The zero-order valence-electron chi connectivity index (χ0n) is 12.6. The number of amides is 1. The van der Waals surface area contributed by atoms with Crippen molar-refractivity contribution >= 4 is 5.91 Å². The van der Waals surface area contributed by atoms with E-state index in [0.717, 1.165) is 0 Å². The predicted molar refractivity (Wildman–Crippen MR) is 76.7 cm³/mol. The number of hydrogen-bond donors (Lipinski definition) is 1. The molecule has 0 aliphatic rings. The Morgan fingerprint density at radius 2 is 1.56 bits per heavy atom. The Bertz CT molecular complexity index is 455. The summed E-state index contributed by atoms with van der Waals surface area (Å²) in [6, 6.07) is 4.42. The van der Waals surface area contributed by atoms with Crippen molar-refractivity contribution in [2.24, 2.45) is 5.41 Å². The Morgan fingerprint density at radius 1 is 1.06 bits per heavy atom. The van der Waals surface area contributed by atoms with Crippen LogP contribution in [0.1, 0.15) is 56.0 Å². The molecule has 2 nitrogen and oxygen atoms in total. The van der Waals surface area contributed by atoms with Crippen LogP contribution in [-0.4, -0.2) is 5.91 Å². The van der Waals surface area contributed by atoms with Gasteiger partial charge in [-0.3, -0.25) is 4.79 Å². The van der Waals surface area contributed by atoms with Gasteiger partial charge in [-0.15, -0.1) is 0 Å². The van der Waals surface area contributed by atoms with Crippen LogP contribution in [0.4, 0.5) is 0 Å². The summed E-state index contributed by atoms with van der Waals surface area (Å²) in [5, 5.41) is 3.08. The summed E-state index contributed by atoms with van der Waals surface area (Å²) >= 11 is 0. The molecule has 0 fully saturated rings. The Kier molecular flexibility index (Phi) is 4.20. The van der Waals surface area contributed by atoms with E-state index in [4.69, 9.17) is 0 Å². The molecule has 0 heterocycles. The van der Waals surface area contributed by atoms with Crippen molar-refractivity contribution in [3.8, 4) is 0 Å². The lowest BCUT2D eigenvalue weighted by Gasteiger charge is -2.23. The van der Waals surface area contributed by atoms with E-state index >= 15 is 0 Å². The first-order valence-corrected chi connectivity index (χ1v) is 6.51. The first kappa shape index (κ1) is 14.7. The van der Waals surface area contributed by atoms with Crippen LogP contribution in [0.3, 0.4) is 0 Å². The first-order valence-electron chi connectivity index (χ1n) is 6.51. The maximum absolute atomic E-state index is 12.0. The summed E-state index contributed by atoms with van der Waals surface area (Å²) in [6.45, 7) is 14.2. The summed E-state index contributed by atoms with van der Waals surface area (Å²) in [7, 11) is 0. The molecule has 1 N–H and O–H groups in total. The Morgan fingerprint density at radius 3 is 2.06 bits per heavy atom. The van der Waals surface area contributed by atoms with Gasteiger partial charge in [0.05, 0.1) is 6.04 Å². The number of nitrogens with one attached hydrogen (secondary N) is 1. The van der Waals surface area contributed by atoms with Gasteiger partial charge in [-0.05, 0) is 49.9 Å². The van der Waals surface area contributed by atoms with Crippen LogP contribution in [0, 0.1) is 26.2 Å². The van der Waals surface area contributed by atoms with Crippen LogP contribution in [0.5, 0.6) is 0 Å². The van der Waals surface area contributed by atoms with Crippen molar-refractivity contribution in [1.82, 2.24) is 5.32 Å². The number of carbonyl (C=O) groups is 1. The molecule has 0 aliphatic carbocycles. The molecular weight excluding hydrogens is 222 g/mol. The Labute approximate surface area is 111 Å². The topological polar surface area (TPSA) is 29.1 Å². The highest BCUT2D eigenvalue weighted by atomic mass is 16.2. The summed E-state index contributed by atoms with van der Waals surface area (Å²) in [6.07, 6.45) is 0. The molecule has 1 atom stereocenters. The zero-order chi connectivity index (χ0) is 14.1. The molecule has 0 bridgehead atoms. The SMILES string of the molecule is Cc1cc(C)c([C@H](C)NC(=O)C(C)(C)C)cc1C. The van der Waals surface area contributed by atoms with Gasteiger partial charge in [0.1, 0.15) is 0 Å². The molecule has 0 saturated heterocycles. The normalized spacial score (nSPS) is 13.3. The maximum atomic E-state index is 12.0. The lowest BCUT2D eigenvalue weighted by atomic mass is 9.93. The monoisotopic (exact) mass is 247 g/mol. The quantitative estimate of drug-likeness (QED) is 0.845. The summed E-state index contributed by atoms with van der Waals surface area (Å²) in [4.78, 5) is 12.0. The molecule has 0 unspecified atom stereocenters. The van der Waals surface area contributed by atoms with E-state index < -0.39 is 0 Å². The number of aryl methyl sites for hydroxylation is 3. The van der Waals surface area contributed by atoms with Gasteiger partial charge < -0.3 is 5.32 Å². The minimum atomic E-state index is -0.345. The zero-order valence-corrected chi connectivity index (χ0v) is 12.6. The predicted octanol–water partition coefficient (Wildman–Crippen LogP) is 3.84. The maximum Gasteiger partial charge on any atom is 0.225 e. The van der Waals surface area contributed by atoms with Gasteiger partial charge in [-0.25, -0.2) is 0 Å². The van der Waals surface area contributed by atoms with E-state index in [1.54, 1.807) is 0 Å². The highest BCUT2D eigenvalue weighted by Crippen LogP contribution is 2.23. The molecule has 2 heteroatoms. The number of rotatable bonds is 2. The minimum absolute atomic E-state index is 0.0519. The van der Waals surface area contributed by atoms with Gasteiger partial charge in [-0.1, -0.05) is 32.9 Å². The molecule has 100 valence electrons. The Hall–Kier alpha value is -1.31. The smallest absolute Gasteiger partial charge is 0.225 e. The van der Waals surface area contributed by atoms with E-state index in [1.165, 1.54) is 22.3 Å². The number of hydrogen-bond acceptors (Lipinski definition) is 1. The molecule has 0 aliphatic heterocycles. The molecule has 0 radical (unpaired) electrons. The molecule has 1 aromatic carbocycles. The highest BCUT2D eigenvalue weighted by Gasteiger charge is 2.23. The molecular formula is C16H25NO. The Balaban J connectivity index is 2.95. The third-order valence-electron chi connectivity index (χ3n) is 3.38. The van der Waals surface area contributed by atoms with Gasteiger partial charge in [0.15, 0.2) is 0 Å². The largest absolute Gasteiger partial charge is 0.349 e. The molecule has 0 spiro atoms. The minimum Gasteiger partial charge on any atom is -0.349 e. The van der Waals surface area contributed by atoms with Crippen LogP contribution in [-0.2, 0) is 4.79 Å². The van der Waals surface area contributed by atoms with Gasteiger partial charge in [0, 0.05) is 5.41 Å². The third-order valence-corrected chi connectivity index (χ3v) is 3.38. The van der Waals surface area contributed by atoms with Gasteiger partial charge >= 0.3 is 0 Å². The second-order valence-corrected chi connectivity index (χ2v) is 6.24. The molecule has 1 rings (SSSR count). The van der Waals surface area contributed by atoms with Crippen molar-refractivity contribution in [3.05, 3.63) is 34.4 Å². The van der Waals surface area contributed by atoms with Gasteiger partial charge in [0.25, 0.3) is 0 Å². The van der Waals surface area contributed by atoms with Crippen LogP contribution >= 0.6 is 0 Å². The second kappa shape index (κ2) is 5.13. The standard InChI is InChI=1S/C16H25NO/c1-10-8-12(3)14(9-11(10)2)13(4)17-15(18)16(5,6)7/h8-9,13H,1-7H3,(H,17,18)/t13-/m0/s1. The van der Waals surface area contributed by atoms with E-state index in [-0.39, 0.29) is 17.4 Å². The molecule has 0 saturated carbocycles. The second-order valence-electron chi connectivity index (χ2n) is 6.24. The van der Waals surface area contributed by atoms with Crippen molar-refractivity contribution in [2.45, 2.75) is 54.5 Å².